The third-order valence-electron chi connectivity index (χ3n) is 3.71. The molecule has 0 saturated heterocycles. The SMILES string of the molecule is Cc1ccc(C2Nc3ccccc3S(=O)(=O)C2C#N)cc1. The van der Waals surface area contributed by atoms with E-state index >= 15 is 0 Å². The predicted molar refractivity (Wildman–Crippen MR) is 80.6 cm³/mol. The lowest BCUT2D eigenvalue weighted by molar-refractivity contribution is 0.576. The Bertz CT molecular complexity index is 820. The van der Waals surface area contributed by atoms with Crippen LogP contribution in [0.15, 0.2) is 53.4 Å². The minimum absolute atomic E-state index is 0.194. The van der Waals surface area contributed by atoms with Gasteiger partial charge in [-0.15, -0.1) is 0 Å². The Hall–Kier alpha value is -2.32. The maximum Gasteiger partial charge on any atom is 0.199 e. The number of aryl methyl sites for hydroxylation is 1. The zero-order valence-electron chi connectivity index (χ0n) is 11.4. The first-order valence-electron chi connectivity index (χ1n) is 6.59. The fourth-order valence-corrected chi connectivity index (χ4v) is 4.27. The number of nitrogens with zero attached hydrogens (tertiary/aromatic N) is 1. The first-order valence-corrected chi connectivity index (χ1v) is 8.14. The van der Waals surface area contributed by atoms with Crippen LogP contribution in [0.1, 0.15) is 17.2 Å². The van der Waals surface area contributed by atoms with Gasteiger partial charge in [-0.2, -0.15) is 5.26 Å². The van der Waals surface area contributed by atoms with E-state index in [1.165, 1.54) is 6.07 Å². The summed E-state index contributed by atoms with van der Waals surface area (Å²) >= 11 is 0. The van der Waals surface area contributed by atoms with Gasteiger partial charge in [0.25, 0.3) is 0 Å². The standard InChI is InChI=1S/C16H14N2O2S/c1-11-6-8-12(9-7-11)16-15(10-17)21(19,20)14-5-3-2-4-13(14)18-16/h2-9,15-16,18H,1H3. The summed E-state index contributed by atoms with van der Waals surface area (Å²) in [4.78, 5) is 0.194. The molecule has 0 spiro atoms. The van der Waals surface area contributed by atoms with Crippen molar-refractivity contribution in [1.29, 1.82) is 5.26 Å². The van der Waals surface area contributed by atoms with E-state index < -0.39 is 21.1 Å². The molecule has 1 aliphatic heterocycles. The molecule has 4 nitrogen and oxygen atoms in total. The van der Waals surface area contributed by atoms with Crippen molar-refractivity contribution < 1.29 is 8.42 Å². The second-order valence-corrected chi connectivity index (χ2v) is 7.16. The molecule has 0 radical (unpaired) electrons. The lowest BCUT2D eigenvalue weighted by atomic mass is 10.0. The Kier molecular flexibility index (Phi) is 3.19. The molecule has 21 heavy (non-hydrogen) atoms. The van der Waals surface area contributed by atoms with Crippen LogP contribution in [0.4, 0.5) is 5.69 Å². The summed E-state index contributed by atoms with van der Waals surface area (Å²) in [6.07, 6.45) is 0. The number of hydrogen-bond acceptors (Lipinski definition) is 4. The van der Waals surface area contributed by atoms with Gasteiger partial charge in [-0.05, 0) is 24.6 Å². The van der Waals surface area contributed by atoms with Gasteiger partial charge in [0.15, 0.2) is 15.1 Å². The van der Waals surface area contributed by atoms with E-state index in [4.69, 9.17) is 0 Å². The van der Waals surface area contributed by atoms with E-state index in [-0.39, 0.29) is 4.90 Å². The van der Waals surface area contributed by atoms with Gasteiger partial charge in [0.1, 0.15) is 0 Å². The van der Waals surface area contributed by atoms with Gasteiger partial charge in [0.2, 0.25) is 0 Å². The first kappa shape index (κ1) is 13.7. The number of anilines is 1. The van der Waals surface area contributed by atoms with Crippen molar-refractivity contribution >= 4 is 15.5 Å². The Morgan fingerprint density at radius 2 is 1.76 bits per heavy atom. The molecule has 2 aromatic rings. The first-order chi connectivity index (χ1) is 10.0. The van der Waals surface area contributed by atoms with Crippen molar-refractivity contribution in [3.8, 4) is 6.07 Å². The van der Waals surface area contributed by atoms with Crippen molar-refractivity contribution in [2.75, 3.05) is 5.32 Å². The summed E-state index contributed by atoms with van der Waals surface area (Å²) in [6, 6.07) is 15.6. The largest absolute Gasteiger partial charge is 0.375 e. The highest BCUT2D eigenvalue weighted by Crippen LogP contribution is 2.38. The highest BCUT2D eigenvalue weighted by Gasteiger charge is 2.41. The molecule has 0 fully saturated rings. The second-order valence-electron chi connectivity index (χ2n) is 5.12. The molecular weight excluding hydrogens is 284 g/mol. The fourth-order valence-electron chi connectivity index (χ4n) is 2.57. The molecular formula is C16H14N2O2S. The monoisotopic (exact) mass is 298 g/mol. The molecule has 1 heterocycles. The van der Waals surface area contributed by atoms with Crippen LogP contribution in [0.3, 0.4) is 0 Å². The molecule has 3 rings (SSSR count). The van der Waals surface area contributed by atoms with Crippen LogP contribution in [0.25, 0.3) is 0 Å². The molecule has 2 atom stereocenters. The van der Waals surface area contributed by atoms with Gasteiger partial charge >= 0.3 is 0 Å². The Balaban J connectivity index is 2.16. The molecule has 0 bridgehead atoms. The van der Waals surface area contributed by atoms with Gasteiger partial charge in [-0.3, -0.25) is 0 Å². The number of nitrogens with one attached hydrogen (secondary N) is 1. The number of para-hydroxylation sites is 1. The molecule has 0 saturated carbocycles. The fraction of sp³-hybridized carbons (Fsp3) is 0.188. The number of sulfone groups is 1. The van der Waals surface area contributed by atoms with Crippen LogP contribution in [0.5, 0.6) is 0 Å². The molecule has 0 aliphatic carbocycles. The smallest absolute Gasteiger partial charge is 0.199 e. The van der Waals surface area contributed by atoms with Crippen molar-refractivity contribution in [2.24, 2.45) is 0 Å². The Morgan fingerprint density at radius 1 is 1.10 bits per heavy atom. The molecule has 1 aliphatic rings. The van der Waals surface area contributed by atoms with Gasteiger partial charge in [0, 0.05) is 0 Å². The summed E-state index contributed by atoms with van der Waals surface area (Å²) in [5.41, 5.74) is 2.44. The molecule has 5 heteroatoms. The molecule has 2 aromatic carbocycles. The third kappa shape index (κ3) is 2.18. The predicted octanol–water partition coefficient (Wildman–Crippen LogP) is 2.83. The van der Waals surface area contributed by atoms with Crippen LogP contribution >= 0.6 is 0 Å². The van der Waals surface area contributed by atoms with Crippen molar-refractivity contribution in [3.05, 3.63) is 59.7 Å². The van der Waals surface area contributed by atoms with Gasteiger partial charge < -0.3 is 5.32 Å². The number of benzene rings is 2. The lowest BCUT2D eigenvalue weighted by Gasteiger charge is -2.31. The Labute approximate surface area is 124 Å². The van der Waals surface area contributed by atoms with Crippen molar-refractivity contribution in [3.63, 3.8) is 0 Å². The number of nitriles is 1. The lowest BCUT2D eigenvalue weighted by Crippen LogP contribution is -2.36. The van der Waals surface area contributed by atoms with Crippen molar-refractivity contribution in [1.82, 2.24) is 0 Å². The summed E-state index contributed by atoms with van der Waals surface area (Å²) in [6.45, 7) is 1.96. The Morgan fingerprint density at radius 3 is 2.43 bits per heavy atom. The van der Waals surface area contributed by atoms with Crippen LogP contribution in [0, 0.1) is 18.3 Å². The summed E-state index contributed by atoms with van der Waals surface area (Å²) < 4.78 is 25.2. The molecule has 0 aromatic heterocycles. The van der Waals surface area contributed by atoms with E-state index in [0.29, 0.717) is 5.69 Å². The number of hydrogen-bond donors (Lipinski definition) is 1. The topological polar surface area (TPSA) is 70.0 Å². The second kappa shape index (κ2) is 4.90. The molecule has 106 valence electrons. The maximum atomic E-state index is 12.6. The average Bonchev–Trinajstić information content (AvgIpc) is 2.47. The van der Waals surface area contributed by atoms with Crippen molar-refractivity contribution in [2.45, 2.75) is 23.1 Å². The van der Waals surface area contributed by atoms with Gasteiger partial charge in [0.05, 0.1) is 22.7 Å². The minimum Gasteiger partial charge on any atom is -0.375 e. The zero-order chi connectivity index (χ0) is 15.0. The quantitative estimate of drug-likeness (QED) is 0.879. The summed E-state index contributed by atoms with van der Waals surface area (Å²) in [5.74, 6) is 0. The van der Waals surface area contributed by atoms with Crippen LogP contribution in [-0.2, 0) is 9.84 Å². The molecule has 2 unspecified atom stereocenters. The zero-order valence-corrected chi connectivity index (χ0v) is 12.3. The van der Waals surface area contributed by atoms with E-state index in [0.717, 1.165) is 11.1 Å². The van der Waals surface area contributed by atoms with Crippen LogP contribution < -0.4 is 5.32 Å². The van der Waals surface area contributed by atoms with E-state index in [9.17, 15) is 13.7 Å². The van der Waals surface area contributed by atoms with E-state index in [2.05, 4.69) is 5.32 Å². The van der Waals surface area contributed by atoms with Crippen LogP contribution in [0.2, 0.25) is 0 Å². The average molecular weight is 298 g/mol. The minimum atomic E-state index is -3.66. The number of rotatable bonds is 1. The normalized spacial score (nSPS) is 22.7. The molecule has 1 N–H and O–H groups in total. The summed E-state index contributed by atoms with van der Waals surface area (Å²) in [7, 11) is -3.66. The van der Waals surface area contributed by atoms with E-state index in [1.807, 2.05) is 37.3 Å². The molecule has 0 amide bonds. The van der Waals surface area contributed by atoms with Gasteiger partial charge in [-0.25, -0.2) is 8.42 Å². The van der Waals surface area contributed by atoms with Crippen LogP contribution in [-0.4, -0.2) is 13.7 Å². The van der Waals surface area contributed by atoms with Gasteiger partial charge in [-0.1, -0.05) is 42.0 Å². The maximum absolute atomic E-state index is 12.6. The summed E-state index contributed by atoms with van der Waals surface area (Å²) in [5, 5.41) is 11.4. The van der Waals surface area contributed by atoms with E-state index in [1.54, 1.807) is 18.2 Å². The number of fused-ring (bicyclic) bond motifs is 1. The highest BCUT2D eigenvalue weighted by molar-refractivity contribution is 7.92. The highest BCUT2D eigenvalue weighted by atomic mass is 32.2. The third-order valence-corrected chi connectivity index (χ3v) is 5.72.